The van der Waals surface area contributed by atoms with Gasteiger partial charge in [-0.05, 0) is 22.0 Å². The van der Waals surface area contributed by atoms with E-state index in [-0.39, 0.29) is 5.78 Å². The first-order chi connectivity index (χ1) is 7.72. The molecule has 1 heterocycles. The minimum atomic E-state index is 0.215. The summed E-state index contributed by atoms with van der Waals surface area (Å²) < 4.78 is 11.1. The highest BCUT2D eigenvalue weighted by molar-refractivity contribution is 9.10. The number of methoxy groups -OCH3 is 1. The molecule has 0 atom stereocenters. The first-order valence-corrected chi connectivity index (χ1v) is 6.71. The van der Waals surface area contributed by atoms with Gasteiger partial charge in [-0.15, -0.1) is 11.3 Å². The van der Waals surface area contributed by atoms with Crippen molar-refractivity contribution in [2.75, 3.05) is 26.9 Å². The Bertz CT molecular complexity index is 325. The number of Topliss-reactive ketones (excluding diaryl/α,β-unsaturated/α-hetero) is 1. The fourth-order valence-corrected chi connectivity index (χ4v) is 2.64. The van der Waals surface area contributed by atoms with Crippen LogP contribution >= 0.6 is 27.3 Å². The molecule has 0 N–H and O–H groups in total. The van der Waals surface area contributed by atoms with Crippen LogP contribution in [-0.4, -0.2) is 32.7 Å². The zero-order valence-electron chi connectivity index (χ0n) is 9.20. The highest BCUT2D eigenvalue weighted by Gasteiger charge is 2.05. The number of carbonyl (C=O) groups is 1. The Labute approximate surface area is 108 Å². The summed E-state index contributed by atoms with van der Waals surface area (Å²) in [7, 11) is 1.63. The normalized spacial score (nSPS) is 10.6. The van der Waals surface area contributed by atoms with E-state index in [0.717, 1.165) is 9.35 Å². The lowest BCUT2D eigenvalue weighted by Crippen LogP contribution is -2.09. The van der Waals surface area contributed by atoms with Crippen LogP contribution in [0, 0.1) is 0 Å². The van der Waals surface area contributed by atoms with Crippen LogP contribution in [0.1, 0.15) is 11.3 Å². The van der Waals surface area contributed by atoms with Crippen LogP contribution in [0.4, 0.5) is 0 Å². The van der Waals surface area contributed by atoms with Crippen molar-refractivity contribution in [1.82, 2.24) is 0 Å². The fraction of sp³-hybridized carbons (Fsp3) is 0.545. The van der Waals surface area contributed by atoms with Crippen molar-refractivity contribution in [2.45, 2.75) is 12.8 Å². The minimum Gasteiger partial charge on any atom is -0.382 e. The summed E-state index contributed by atoms with van der Waals surface area (Å²) in [5.41, 5.74) is 0. The molecule has 3 nitrogen and oxygen atoms in total. The summed E-state index contributed by atoms with van der Waals surface area (Å²) >= 11 is 4.96. The molecule has 0 saturated carbocycles. The predicted octanol–water partition coefficient (Wildman–Crippen LogP) is 2.68. The van der Waals surface area contributed by atoms with E-state index >= 15 is 0 Å². The van der Waals surface area contributed by atoms with Crippen LogP contribution < -0.4 is 0 Å². The average molecular weight is 307 g/mol. The van der Waals surface area contributed by atoms with Crippen LogP contribution in [0.15, 0.2) is 15.9 Å². The Morgan fingerprint density at radius 1 is 1.44 bits per heavy atom. The van der Waals surface area contributed by atoms with Crippen molar-refractivity contribution < 1.29 is 14.3 Å². The molecule has 0 radical (unpaired) electrons. The molecule has 0 aliphatic rings. The van der Waals surface area contributed by atoms with E-state index < -0.39 is 0 Å². The fourth-order valence-electron chi connectivity index (χ4n) is 1.16. The summed E-state index contributed by atoms with van der Waals surface area (Å²) in [6.07, 6.45) is 0.975. The minimum absolute atomic E-state index is 0.215. The number of hydrogen-bond donors (Lipinski definition) is 0. The maximum Gasteiger partial charge on any atom is 0.140 e. The van der Waals surface area contributed by atoms with Gasteiger partial charge < -0.3 is 9.47 Å². The molecule has 0 fully saturated rings. The zero-order valence-corrected chi connectivity index (χ0v) is 11.6. The molecule has 1 rings (SSSR count). The first-order valence-electron chi connectivity index (χ1n) is 5.03. The van der Waals surface area contributed by atoms with E-state index in [0.29, 0.717) is 32.7 Å². The molecule has 5 heteroatoms. The first kappa shape index (κ1) is 13.8. The highest BCUT2D eigenvalue weighted by atomic mass is 79.9. The lowest BCUT2D eigenvalue weighted by atomic mass is 10.2. The Morgan fingerprint density at radius 3 is 2.88 bits per heavy atom. The summed E-state index contributed by atoms with van der Waals surface area (Å²) in [6.45, 7) is 1.61. The third-order valence-electron chi connectivity index (χ3n) is 1.95. The standard InChI is InChI=1S/C11H15BrO3S/c1-14-4-5-15-3-2-10(13)7-11-6-9(12)8-16-11/h6,8H,2-5,7H2,1H3. The van der Waals surface area contributed by atoms with Crippen molar-refractivity contribution in [3.63, 3.8) is 0 Å². The highest BCUT2D eigenvalue weighted by Crippen LogP contribution is 2.20. The van der Waals surface area contributed by atoms with Crippen LogP contribution in [0.2, 0.25) is 0 Å². The molecule has 0 bridgehead atoms. The Kier molecular flexibility index (Phi) is 6.87. The van der Waals surface area contributed by atoms with Gasteiger partial charge >= 0.3 is 0 Å². The van der Waals surface area contributed by atoms with Gasteiger partial charge in [0.2, 0.25) is 0 Å². The SMILES string of the molecule is COCCOCCC(=O)Cc1cc(Br)cs1. The molecule has 0 aliphatic carbocycles. The quantitative estimate of drug-likeness (QED) is 0.693. The molecule has 1 aromatic heterocycles. The maximum absolute atomic E-state index is 11.5. The van der Waals surface area contributed by atoms with Gasteiger partial charge in [0.1, 0.15) is 5.78 Å². The maximum atomic E-state index is 11.5. The van der Waals surface area contributed by atoms with Crippen molar-refractivity contribution >= 4 is 33.0 Å². The van der Waals surface area contributed by atoms with Gasteiger partial charge in [-0.2, -0.15) is 0 Å². The second-order valence-electron chi connectivity index (χ2n) is 3.30. The molecule has 1 aromatic rings. The van der Waals surface area contributed by atoms with Gasteiger partial charge in [0.25, 0.3) is 0 Å². The molecular formula is C11H15BrO3S. The second kappa shape index (κ2) is 7.95. The number of rotatable bonds is 8. The molecule has 0 spiro atoms. The Morgan fingerprint density at radius 2 is 2.25 bits per heavy atom. The smallest absolute Gasteiger partial charge is 0.140 e. The molecule has 0 unspecified atom stereocenters. The van der Waals surface area contributed by atoms with E-state index in [1.165, 1.54) is 0 Å². The summed E-state index contributed by atoms with van der Waals surface area (Å²) in [6, 6.07) is 1.98. The van der Waals surface area contributed by atoms with Gasteiger partial charge in [0.05, 0.1) is 19.8 Å². The Balaban J connectivity index is 2.11. The van der Waals surface area contributed by atoms with Gasteiger partial charge in [-0.3, -0.25) is 4.79 Å². The number of thiophene rings is 1. The monoisotopic (exact) mass is 306 g/mol. The van der Waals surface area contributed by atoms with E-state index in [1.807, 2.05) is 11.4 Å². The Hall–Kier alpha value is -0.230. The number of ether oxygens (including phenoxy) is 2. The third-order valence-corrected chi connectivity index (χ3v) is 3.65. The van der Waals surface area contributed by atoms with E-state index in [1.54, 1.807) is 18.4 Å². The van der Waals surface area contributed by atoms with E-state index in [4.69, 9.17) is 9.47 Å². The average Bonchev–Trinajstić information content (AvgIpc) is 2.63. The van der Waals surface area contributed by atoms with Crippen LogP contribution in [0.25, 0.3) is 0 Å². The summed E-state index contributed by atoms with van der Waals surface area (Å²) in [4.78, 5) is 12.6. The molecule has 0 aromatic carbocycles. The number of ketones is 1. The van der Waals surface area contributed by atoms with E-state index in [2.05, 4.69) is 15.9 Å². The molecular weight excluding hydrogens is 292 g/mol. The molecule has 90 valence electrons. The van der Waals surface area contributed by atoms with Crippen LogP contribution in [0.5, 0.6) is 0 Å². The number of hydrogen-bond acceptors (Lipinski definition) is 4. The number of halogens is 1. The van der Waals surface area contributed by atoms with Gasteiger partial charge in [-0.1, -0.05) is 0 Å². The van der Waals surface area contributed by atoms with Crippen molar-refractivity contribution in [2.24, 2.45) is 0 Å². The third kappa shape index (κ3) is 5.75. The van der Waals surface area contributed by atoms with Crippen LogP contribution in [0.3, 0.4) is 0 Å². The topological polar surface area (TPSA) is 35.5 Å². The lowest BCUT2D eigenvalue weighted by molar-refractivity contribution is -0.119. The second-order valence-corrected chi connectivity index (χ2v) is 5.21. The molecule has 0 saturated heterocycles. The van der Waals surface area contributed by atoms with Gasteiger partial charge in [0, 0.05) is 34.7 Å². The molecule has 0 amide bonds. The lowest BCUT2D eigenvalue weighted by Gasteiger charge is -2.02. The van der Waals surface area contributed by atoms with Crippen LogP contribution in [-0.2, 0) is 20.7 Å². The summed E-state index contributed by atoms with van der Waals surface area (Å²) in [5.74, 6) is 0.215. The van der Waals surface area contributed by atoms with Crippen molar-refractivity contribution in [1.29, 1.82) is 0 Å². The summed E-state index contributed by atoms with van der Waals surface area (Å²) in [5, 5.41) is 1.98. The van der Waals surface area contributed by atoms with Crippen molar-refractivity contribution in [3.05, 3.63) is 20.8 Å². The van der Waals surface area contributed by atoms with Crippen molar-refractivity contribution in [3.8, 4) is 0 Å². The van der Waals surface area contributed by atoms with Gasteiger partial charge in [-0.25, -0.2) is 0 Å². The van der Waals surface area contributed by atoms with E-state index in [9.17, 15) is 4.79 Å². The zero-order chi connectivity index (χ0) is 11.8. The number of carbonyl (C=O) groups excluding carboxylic acids is 1. The molecule has 0 aliphatic heterocycles. The largest absolute Gasteiger partial charge is 0.382 e. The molecule has 16 heavy (non-hydrogen) atoms. The van der Waals surface area contributed by atoms with Gasteiger partial charge in [0.15, 0.2) is 0 Å². The predicted molar refractivity (Wildman–Crippen MR) is 68.0 cm³/mol.